The Bertz CT molecular complexity index is 291. The molecular weight excluding hydrogens is 220 g/mol. The maximum atomic E-state index is 8.73. The Morgan fingerprint density at radius 1 is 1.47 bits per heavy atom. The number of ether oxygens (including phenoxy) is 1. The average Bonchev–Trinajstić information content (AvgIpc) is 2.76. The van der Waals surface area contributed by atoms with Gasteiger partial charge in [-0.1, -0.05) is 12.1 Å². The van der Waals surface area contributed by atoms with Crippen molar-refractivity contribution in [3.63, 3.8) is 0 Å². The van der Waals surface area contributed by atoms with E-state index >= 15 is 0 Å². The van der Waals surface area contributed by atoms with Gasteiger partial charge in [0, 0.05) is 26.0 Å². The molecule has 6 nitrogen and oxygen atoms in total. The Morgan fingerprint density at radius 2 is 2.35 bits per heavy atom. The lowest BCUT2D eigenvalue weighted by Gasteiger charge is -2.03. The van der Waals surface area contributed by atoms with Crippen LogP contribution in [0.3, 0.4) is 0 Å². The minimum atomic E-state index is 0.0883. The van der Waals surface area contributed by atoms with Crippen LogP contribution in [-0.4, -0.2) is 46.5 Å². The molecule has 0 aromatic carbocycles. The van der Waals surface area contributed by atoms with E-state index in [2.05, 4.69) is 22.6 Å². The molecule has 0 atom stereocenters. The zero-order valence-corrected chi connectivity index (χ0v) is 10.4. The zero-order chi connectivity index (χ0) is 12.3. The number of nitrogens with one attached hydrogen (secondary N) is 1. The van der Waals surface area contributed by atoms with Crippen LogP contribution in [0.2, 0.25) is 0 Å². The molecule has 1 rings (SSSR count). The molecule has 0 unspecified atom stereocenters. The normalized spacial score (nSPS) is 10.9. The highest BCUT2D eigenvalue weighted by atomic mass is 16.5. The van der Waals surface area contributed by atoms with Gasteiger partial charge >= 0.3 is 0 Å². The van der Waals surface area contributed by atoms with Crippen molar-refractivity contribution < 1.29 is 9.84 Å². The van der Waals surface area contributed by atoms with Crippen molar-refractivity contribution >= 4 is 0 Å². The van der Waals surface area contributed by atoms with E-state index in [1.165, 1.54) is 0 Å². The third-order valence-corrected chi connectivity index (χ3v) is 2.21. The summed E-state index contributed by atoms with van der Waals surface area (Å²) >= 11 is 0. The van der Waals surface area contributed by atoms with Gasteiger partial charge < -0.3 is 15.2 Å². The van der Waals surface area contributed by atoms with E-state index in [1.54, 1.807) is 4.68 Å². The van der Waals surface area contributed by atoms with Crippen LogP contribution >= 0.6 is 0 Å². The van der Waals surface area contributed by atoms with Gasteiger partial charge in [0.1, 0.15) is 0 Å². The molecule has 0 amide bonds. The van der Waals surface area contributed by atoms with Crippen molar-refractivity contribution in [2.24, 2.45) is 0 Å². The molecule has 0 saturated heterocycles. The summed E-state index contributed by atoms with van der Waals surface area (Å²) in [5, 5.41) is 19.9. The molecule has 1 aromatic heterocycles. The number of hydrogen-bond donors (Lipinski definition) is 2. The first-order chi connectivity index (χ1) is 8.36. The number of nitrogens with zero attached hydrogens (tertiary/aromatic N) is 3. The molecule has 1 aromatic rings. The molecule has 0 aliphatic heterocycles. The maximum absolute atomic E-state index is 8.73. The predicted molar refractivity (Wildman–Crippen MR) is 64.5 cm³/mol. The lowest BCUT2D eigenvalue weighted by molar-refractivity contribution is 0.132. The maximum Gasteiger partial charge on any atom is 0.0964 e. The molecule has 0 saturated carbocycles. The average molecular weight is 242 g/mol. The summed E-state index contributed by atoms with van der Waals surface area (Å²) < 4.78 is 7.01. The molecule has 17 heavy (non-hydrogen) atoms. The lowest BCUT2D eigenvalue weighted by atomic mass is 10.4. The van der Waals surface area contributed by atoms with Crippen molar-refractivity contribution in [3.05, 3.63) is 11.9 Å². The van der Waals surface area contributed by atoms with Crippen LogP contribution in [0.4, 0.5) is 0 Å². The Morgan fingerprint density at radius 3 is 3.12 bits per heavy atom. The van der Waals surface area contributed by atoms with Gasteiger partial charge in [-0.3, -0.25) is 0 Å². The molecule has 0 radical (unpaired) electrons. The van der Waals surface area contributed by atoms with E-state index in [0.717, 1.165) is 38.3 Å². The Hall–Kier alpha value is -0.980. The topological polar surface area (TPSA) is 72.2 Å². The summed E-state index contributed by atoms with van der Waals surface area (Å²) in [4.78, 5) is 0. The standard InChI is InChI=1S/C11H22N4O2/c1-2-7-17-8-3-4-12-9-11-10-15(5-6-16)14-13-11/h10,12,16H,2-9H2,1H3. The minimum Gasteiger partial charge on any atom is -0.394 e. The molecule has 0 spiro atoms. The van der Waals surface area contributed by atoms with Gasteiger partial charge in [0.25, 0.3) is 0 Å². The fourth-order valence-corrected chi connectivity index (χ4v) is 1.39. The van der Waals surface area contributed by atoms with Gasteiger partial charge in [0.2, 0.25) is 0 Å². The summed E-state index contributed by atoms with van der Waals surface area (Å²) in [7, 11) is 0. The second-order valence-electron chi connectivity index (χ2n) is 3.84. The van der Waals surface area contributed by atoms with Crippen molar-refractivity contribution in [1.29, 1.82) is 0 Å². The van der Waals surface area contributed by atoms with Gasteiger partial charge in [0.15, 0.2) is 0 Å². The molecule has 0 aliphatic rings. The van der Waals surface area contributed by atoms with Gasteiger partial charge in [-0.05, 0) is 19.4 Å². The Balaban J connectivity index is 2.01. The summed E-state index contributed by atoms with van der Waals surface area (Å²) in [5.74, 6) is 0. The van der Waals surface area contributed by atoms with Crippen LogP contribution in [-0.2, 0) is 17.8 Å². The third kappa shape index (κ3) is 6.35. The lowest BCUT2D eigenvalue weighted by Crippen LogP contribution is -2.16. The second kappa shape index (κ2) is 9.09. The fourth-order valence-electron chi connectivity index (χ4n) is 1.39. The number of hydrogen-bond acceptors (Lipinski definition) is 5. The van der Waals surface area contributed by atoms with Crippen molar-refractivity contribution in [3.8, 4) is 0 Å². The summed E-state index contributed by atoms with van der Waals surface area (Å²) in [6.07, 6.45) is 3.92. The van der Waals surface area contributed by atoms with Crippen LogP contribution in [0, 0.1) is 0 Å². The second-order valence-corrected chi connectivity index (χ2v) is 3.84. The number of aliphatic hydroxyl groups is 1. The van der Waals surface area contributed by atoms with E-state index in [-0.39, 0.29) is 6.61 Å². The molecule has 0 aliphatic carbocycles. The van der Waals surface area contributed by atoms with Crippen molar-refractivity contribution in [1.82, 2.24) is 20.3 Å². The van der Waals surface area contributed by atoms with Crippen molar-refractivity contribution in [2.45, 2.75) is 32.9 Å². The quantitative estimate of drug-likeness (QED) is 0.573. The van der Waals surface area contributed by atoms with Gasteiger partial charge in [-0.15, -0.1) is 5.10 Å². The van der Waals surface area contributed by atoms with Gasteiger partial charge in [0.05, 0.1) is 18.8 Å². The Labute approximate surface area is 102 Å². The van der Waals surface area contributed by atoms with E-state index in [9.17, 15) is 0 Å². The highest BCUT2D eigenvalue weighted by Crippen LogP contribution is 1.92. The molecule has 6 heteroatoms. The smallest absolute Gasteiger partial charge is 0.0964 e. The number of aromatic nitrogens is 3. The van der Waals surface area contributed by atoms with Crippen LogP contribution in [0.25, 0.3) is 0 Å². The predicted octanol–water partition coefficient (Wildman–Crippen LogP) is 0.177. The third-order valence-electron chi connectivity index (χ3n) is 2.21. The van der Waals surface area contributed by atoms with Gasteiger partial charge in [-0.25, -0.2) is 4.68 Å². The molecule has 1 heterocycles. The molecular formula is C11H22N4O2. The first-order valence-corrected chi connectivity index (χ1v) is 6.15. The summed E-state index contributed by atoms with van der Waals surface area (Å²) in [6, 6.07) is 0. The van der Waals surface area contributed by atoms with E-state index in [1.807, 2.05) is 6.20 Å². The van der Waals surface area contributed by atoms with Crippen LogP contribution in [0.1, 0.15) is 25.5 Å². The summed E-state index contributed by atoms with van der Waals surface area (Å²) in [6.45, 7) is 5.96. The van der Waals surface area contributed by atoms with Gasteiger partial charge in [-0.2, -0.15) is 0 Å². The monoisotopic (exact) mass is 242 g/mol. The molecule has 0 bridgehead atoms. The number of rotatable bonds is 10. The highest BCUT2D eigenvalue weighted by Gasteiger charge is 1.99. The highest BCUT2D eigenvalue weighted by molar-refractivity contribution is 4.91. The van der Waals surface area contributed by atoms with Crippen LogP contribution < -0.4 is 5.32 Å². The van der Waals surface area contributed by atoms with Crippen LogP contribution in [0.5, 0.6) is 0 Å². The minimum absolute atomic E-state index is 0.0883. The molecule has 0 fully saturated rings. The van der Waals surface area contributed by atoms with E-state index < -0.39 is 0 Å². The fraction of sp³-hybridized carbons (Fsp3) is 0.818. The van der Waals surface area contributed by atoms with Crippen molar-refractivity contribution in [2.75, 3.05) is 26.4 Å². The largest absolute Gasteiger partial charge is 0.394 e. The number of aliphatic hydroxyl groups excluding tert-OH is 1. The van der Waals surface area contributed by atoms with E-state index in [0.29, 0.717) is 13.1 Å². The van der Waals surface area contributed by atoms with Crippen LogP contribution in [0.15, 0.2) is 6.20 Å². The SMILES string of the molecule is CCCOCCCNCc1cn(CCO)nn1. The molecule has 98 valence electrons. The first-order valence-electron chi connectivity index (χ1n) is 6.15. The summed E-state index contributed by atoms with van der Waals surface area (Å²) in [5.41, 5.74) is 0.896. The first kappa shape index (κ1) is 14.1. The Kier molecular flexibility index (Phi) is 7.53. The van der Waals surface area contributed by atoms with E-state index in [4.69, 9.17) is 9.84 Å². The molecule has 2 N–H and O–H groups in total. The zero-order valence-electron chi connectivity index (χ0n) is 10.4.